The lowest BCUT2D eigenvalue weighted by molar-refractivity contribution is 0.100. The van der Waals surface area contributed by atoms with Crippen LogP contribution < -0.4 is 4.31 Å². The standard InChI is InChI=1S/C22H24N2O4S/c1-14-11-18(16(3)24(14)15(2)13-28-4)20(25)12-23-19-9-5-7-17-8-6-10-21(22(17)19)29(23,26)27/h5-11,15H,12-13H2,1-4H3/t15-/m1/s1. The zero-order valence-corrected chi connectivity index (χ0v) is 17.8. The minimum atomic E-state index is -3.76. The molecule has 6 nitrogen and oxygen atoms in total. The molecule has 0 amide bonds. The summed E-state index contributed by atoms with van der Waals surface area (Å²) in [6.07, 6.45) is 0. The summed E-state index contributed by atoms with van der Waals surface area (Å²) in [6, 6.07) is 12.6. The summed E-state index contributed by atoms with van der Waals surface area (Å²) < 4.78 is 34.8. The zero-order chi connectivity index (χ0) is 20.9. The second-order valence-corrected chi connectivity index (χ2v) is 9.36. The maximum absolute atomic E-state index is 13.2. The molecule has 0 N–H and O–H groups in total. The van der Waals surface area contributed by atoms with Gasteiger partial charge in [0.1, 0.15) is 0 Å². The average molecular weight is 413 g/mol. The van der Waals surface area contributed by atoms with Gasteiger partial charge in [-0.25, -0.2) is 8.42 Å². The number of ketones is 1. The molecule has 0 aliphatic carbocycles. The highest BCUT2D eigenvalue weighted by atomic mass is 32.2. The molecule has 2 heterocycles. The number of anilines is 1. The number of sulfonamides is 1. The minimum absolute atomic E-state index is 0.0788. The third kappa shape index (κ3) is 2.96. The van der Waals surface area contributed by atoms with Crippen LogP contribution in [0.3, 0.4) is 0 Å². The molecule has 1 aromatic heterocycles. The first-order valence-corrected chi connectivity index (χ1v) is 11.0. The van der Waals surface area contributed by atoms with Crippen molar-refractivity contribution < 1.29 is 17.9 Å². The number of benzene rings is 2. The molecule has 1 aliphatic rings. The van der Waals surface area contributed by atoms with E-state index >= 15 is 0 Å². The van der Waals surface area contributed by atoms with Gasteiger partial charge in [0.25, 0.3) is 10.0 Å². The molecule has 1 atom stereocenters. The van der Waals surface area contributed by atoms with E-state index in [1.165, 1.54) is 4.31 Å². The smallest absolute Gasteiger partial charge is 0.265 e. The normalized spacial score (nSPS) is 15.8. The van der Waals surface area contributed by atoms with Gasteiger partial charge in [0, 0.05) is 29.4 Å². The minimum Gasteiger partial charge on any atom is -0.383 e. The number of hydrogen-bond acceptors (Lipinski definition) is 4. The Bertz CT molecular complexity index is 1220. The van der Waals surface area contributed by atoms with E-state index in [0.717, 1.165) is 16.8 Å². The first-order chi connectivity index (χ1) is 13.8. The van der Waals surface area contributed by atoms with Crippen molar-refractivity contribution in [2.75, 3.05) is 24.6 Å². The topological polar surface area (TPSA) is 68.6 Å². The van der Waals surface area contributed by atoms with E-state index in [4.69, 9.17) is 4.74 Å². The number of ether oxygens (including phenoxy) is 1. The summed E-state index contributed by atoms with van der Waals surface area (Å²) in [5, 5.41) is 1.53. The van der Waals surface area contributed by atoms with E-state index in [0.29, 0.717) is 23.2 Å². The second kappa shape index (κ2) is 7.00. The molecule has 0 spiro atoms. The number of hydrogen-bond donors (Lipinski definition) is 0. The molecule has 7 heteroatoms. The number of carbonyl (C=O) groups is 1. The Morgan fingerprint density at radius 2 is 1.83 bits per heavy atom. The highest BCUT2D eigenvalue weighted by molar-refractivity contribution is 7.93. The average Bonchev–Trinajstić information content (AvgIpc) is 3.09. The van der Waals surface area contributed by atoms with E-state index in [-0.39, 0.29) is 23.3 Å². The Labute approximate surface area is 170 Å². The van der Waals surface area contributed by atoms with Crippen molar-refractivity contribution in [3.05, 3.63) is 59.4 Å². The first kappa shape index (κ1) is 19.7. The lowest BCUT2D eigenvalue weighted by atomic mass is 10.1. The van der Waals surface area contributed by atoms with Crippen molar-refractivity contribution in [2.24, 2.45) is 0 Å². The van der Waals surface area contributed by atoms with Crippen molar-refractivity contribution in [1.29, 1.82) is 0 Å². The monoisotopic (exact) mass is 412 g/mol. The van der Waals surface area contributed by atoms with Crippen LogP contribution in [0.15, 0.2) is 47.4 Å². The summed E-state index contributed by atoms with van der Waals surface area (Å²) in [6.45, 7) is 6.17. The van der Waals surface area contributed by atoms with Crippen LogP contribution in [-0.2, 0) is 14.8 Å². The van der Waals surface area contributed by atoms with Gasteiger partial charge in [-0.1, -0.05) is 24.3 Å². The number of aromatic nitrogens is 1. The summed E-state index contributed by atoms with van der Waals surface area (Å²) in [5.74, 6) is -0.220. The van der Waals surface area contributed by atoms with Crippen molar-refractivity contribution in [3.8, 4) is 0 Å². The molecule has 152 valence electrons. The van der Waals surface area contributed by atoms with Crippen LogP contribution in [0.4, 0.5) is 5.69 Å². The third-order valence-corrected chi connectivity index (χ3v) is 7.40. The van der Waals surface area contributed by atoms with Crippen molar-refractivity contribution in [3.63, 3.8) is 0 Å². The molecule has 1 aliphatic heterocycles. The maximum Gasteiger partial charge on any atom is 0.265 e. The van der Waals surface area contributed by atoms with E-state index < -0.39 is 10.0 Å². The Morgan fingerprint density at radius 3 is 2.52 bits per heavy atom. The van der Waals surface area contributed by atoms with Crippen LogP contribution in [0.25, 0.3) is 10.8 Å². The zero-order valence-electron chi connectivity index (χ0n) is 17.0. The van der Waals surface area contributed by atoms with Gasteiger partial charge in [-0.05, 0) is 44.4 Å². The molecular weight excluding hydrogens is 388 g/mol. The molecule has 2 aromatic carbocycles. The van der Waals surface area contributed by atoms with E-state index in [2.05, 4.69) is 4.57 Å². The molecule has 0 saturated carbocycles. The first-order valence-electron chi connectivity index (χ1n) is 9.52. The number of rotatable bonds is 6. The Hall–Kier alpha value is -2.64. The van der Waals surface area contributed by atoms with Gasteiger partial charge in [-0.2, -0.15) is 0 Å². The summed E-state index contributed by atoms with van der Waals surface area (Å²) in [5.41, 5.74) is 2.88. The molecule has 29 heavy (non-hydrogen) atoms. The van der Waals surface area contributed by atoms with Gasteiger partial charge in [0.15, 0.2) is 5.78 Å². The number of nitrogens with zero attached hydrogens (tertiary/aromatic N) is 2. The van der Waals surface area contributed by atoms with Gasteiger partial charge in [0.2, 0.25) is 0 Å². The lowest BCUT2D eigenvalue weighted by Crippen LogP contribution is -2.33. The summed E-state index contributed by atoms with van der Waals surface area (Å²) in [4.78, 5) is 13.4. The molecule has 0 bridgehead atoms. The molecule has 0 saturated heterocycles. The van der Waals surface area contributed by atoms with Gasteiger partial charge >= 0.3 is 0 Å². The molecular formula is C22H24N2O4S. The molecule has 0 unspecified atom stereocenters. The fourth-order valence-corrected chi connectivity index (χ4v) is 6.06. The molecule has 0 fully saturated rings. The molecule has 3 aromatic rings. The second-order valence-electron chi connectivity index (χ2n) is 7.53. The van der Waals surface area contributed by atoms with Crippen LogP contribution >= 0.6 is 0 Å². The van der Waals surface area contributed by atoms with Crippen LogP contribution in [-0.4, -0.2) is 39.0 Å². The maximum atomic E-state index is 13.2. The Kier molecular flexibility index (Phi) is 4.75. The van der Waals surface area contributed by atoms with Gasteiger partial charge in [-0.3, -0.25) is 9.10 Å². The highest BCUT2D eigenvalue weighted by Gasteiger charge is 2.37. The number of carbonyl (C=O) groups excluding carboxylic acids is 1. The quantitative estimate of drug-likeness (QED) is 0.577. The number of aryl methyl sites for hydroxylation is 1. The predicted octanol–water partition coefficient (Wildman–Crippen LogP) is 3.86. The number of Topliss-reactive ketones (excluding diaryl/α,β-unsaturated/α-hetero) is 1. The Morgan fingerprint density at radius 1 is 1.14 bits per heavy atom. The third-order valence-electron chi connectivity index (χ3n) is 5.60. The number of methoxy groups -OCH3 is 1. The predicted molar refractivity (Wildman–Crippen MR) is 113 cm³/mol. The fourth-order valence-electron chi connectivity index (χ4n) is 4.40. The van der Waals surface area contributed by atoms with E-state index in [9.17, 15) is 13.2 Å². The Balaban J connectivity index is 1.72. The largest absolute Gasteiger partial charge is 0.383 e. The molecule has 0 radical (unpaired) electrons. The van der Waals surface area contributed by atoms with Crippen molar-refractivity contribution >= 4 is 32.3 Å². The molecule has 4 rings (SSSR count). The van der Waals surface area contributed by atoms with Crippen LogP contribution in [0.1, 0.15) is 34.7 Å². The van der Waals surface area contributed by atoms with Crippen LogP contribution in [0.2, 0.25) is 0 Å². The van der Waals surface area contributed by atoms with Gasteiger partial charge < -0.3 is 9.30 Å². The van der Waals surface area contributed by atoms with Gasteiger partial charge in [0.05, 0.1) is 29.8 Å². The summed E-state index contributed by atoms with van der Waals surface area (Å²) >= 11 is 0. The van der Waals surface area contributed by atoms with Crippen LogP contribution in [0.5, 0.6) is 0 Å². The van der Waals surface area contributed by atoms with Crippen molar-refractivity contribution in [1.82, 2.24) is 4.57 Å². The van der Waals surface area contributed by atoms with Crippen LogP contribution in [0, 0.1) is 13.8 Å². The fraction of sp³-hybridized carbons (Fsp3) is 0.318. The van der Waals surface area contributed by atoms with Crippen molar-refractivity contribution in [2.45, 2.75) is 31.7 Å². The van der Waals surface area contributed by atoms with E-state index in [1.807, 2.05) is 45.0 Å². The summed E-state index contributed by atoms with van der Waals surface area (Å²) in [7, 11) is -2.11. The SMILES string of the molecule is COC[C@@H](C)n1c(C)cc(C(=O)CN2c3cccc4cccc(c34)S2(=O)=O)c1C. The highest BCUT2D eigenvalue weighted by Crippen LogP contribution is 2.42. The van der Waals surface area contributed by atoms with Gasteiger partial charge in [-0.15, -0.1) is 0 Å². The lowest BCUT2D eigenvalue weighted by Gasteiger charge is -2.19. The van der Waals surface area contributed by atoms with E-state index in [1.54, 1.807) is 25.3 Å².